The first-order valence-electron chi connectivity index (χ1n) is 7.69. The van der Waals surface area contributed by atoms with Gasteiger partial charge in [0, 0.05) is 40.8 Å². The maximum Gasteiger partial charge on any atom is 0.252 e. The minimum atomic E-state index is -0.00392. The van der Waals surface area contributed by atoms with Gasteiger partial charge >= 0.3 is 0 Å². The summed E-state index contributed by atoms with van der Waals surface area (Å²) in [6.45, 7) is 2.72. The number of nitrogens with zero attached hydrogens (tertiary/aromatic N) is 1. The lowest BCUT2D eigenvalue weighted by molar-refractivity contribution is 0.0953. The van der Waals surface area contributed by atoms with E-state index in [9.17, 15) is 4.79 Å². The molecule has 0 fully saturated rings. The van der Waals surface area contributed by atoms with Crippen molar-refractivity contribution in [3.8, 4) is 0 Å². The van der Waals surface area contributed by atoms with Crippen LogP contribution in [0.25, 0.3) is 10.1 Å². The number of thiophene rings is 1. The second-order valence-electron chi connectivity index (χ2n) is 5.65. The van der Waals surface area contributed by atoms with Gasteiger partial charge in [-0.15, -0.1) is 11.3 Å². The zero-order chi connectivity index (χ0) is 16.2. The molecule has 2 aromatic carbocycles. The number of fused-ring (bicyclic) bond motifs is 1. The molecule has 0 aliphatic carbocycles. The predicted molar refractivity (Wildman–Crippen MR) is 98.5 cm³/mol. The Hall–Kier alpha value is -2.33. The Morgan fingerprint density at radius 2 is 1.83 bits per heavy atom. The van der Waals surface area contributed by atoms with Crippen molar-refractivity contribution in [2.24, 2.45) is 0 Å². The molecule has 3 rings (SSSR count). The summed E-state index contributed by atoms with van der Waals surface area (Å²) in [4.78, 5) is 14.6. The summed E-state index contributed by atoms with van der Waals surface area (Å²) in [5.41, 5.74) is 1.91. The van der Waals surface area contributed by atoms with Gasteiger partial charge in [-0.3, -0.25) is 4.79 Å². The Kier molecular flexibility index (Phi) is 4.63. The first kappa shape index (κ1) is 15.6. The molecule has 0 spiro atoms. The number of hydrogen-bond donors (Lipinski definition) is 1. The van der Waals surface area contributed by atoms with Gasteiger partial charge in [0.2, 0.25) is 0 Å². The third-order valence-corrected chi connectivity index (χ3v) is 5.07. The lowest BCUT2D eigenvalue weighted by Crippen LogP contribution is -2.40. The molecule has 1 amide bonds. The van der Waals surface area contributed by atoms with E-state index in [2.05, 4.69) is 29.3 Å². The number of hydrogen-bond acceptors (Lipinski definition) is 3. The van der Waals surface area contributed by atoms with Gasteiger partial charge < -0.3 is 10.2 Å². The molecule has 0 aliphatic heterocycles. The van der Waals surface area contributed by atoms with Crippen LogP contribution in [0.5, 0.6) is 0 Å². The maximum absolute atomic E-state index is 12.5. The quantitative estimate of drug-likeness (QED) is 0.764. The van der Waals surface area contributed by atoms with E-state index in [1.54, 1.807) is 11.3 Å². The molecule has 0 aliphatic rings. The summed E-state index contributed by atoms with van der Waals surface area (Å²) in [6.07, 6.45) is 0. The molecular formula is C19H20N2OS. The summed E-state index contributed by atoms with van der Waals surface area (Å²) in [5.74, 6) is -0.00392. The molecule has 3 nitrogen and oxygen atoms in total. The zero-order valence-corrected chi connectivity index (χ0v) is 14.1. The Labute approximate surface area is 140 Å². The summed E-state index contributed by atoms with van der Waals surface area (Å²) < 4.78 is 1.15. The number of carbonyl (C=O) groups is 1. The number of rotatable bonds is 5. The predicted octanol–water partition coefficient (Wildman–Crippen LogP) is 4.16. The molecule has 118 valence electrons. The highest BCUT2D eigenvalue weighted by atomic mass is 32.1. The average molecular weight is 324 g/mol. The molecule has 1 aromatic heterocycles. The molecule has 0 bridgehead atoms. The van der Waals surface area contributed by atoms with Gasteiger partial charge in [-0.1, -0.05) is 36.4 Å². The van der Waals surface area contributed by atoms with E-state index in [-0.39, 0.29) is 11.9 Å². The molecule has 1 N–H and O–H groups in total. The Balaban J connectivity index is 1.65. The molecule has 23 heavy (non-hydrogen) atoms. The van der Waals surface area contributed by atoms with Gasteiger partial charge in [0.15, 0.2) is 0 Å². The van der Waals surface area contributed by atoms with Gasteiger partial charge in [-0.05, 0) is 25.1 Å². The van der Waals surface area contributed by atoms with Crippen molar-refractivity contribution in [2.75, 3.05) is 18.5 Å². The maximum atomic E-state index is 12.5. The third-order valence-electron chi connectivity index (χ3n) is 4.11. The van der Waals surface area contributed by atoms with Crippen LogP contribution >= 0.6 is 11.3 Å². The van der Waals surface area contributed by atoms with Crippen molar-refractivity contribution in [3.63, 3.8) is 0 Å². The Morgan fingerprint density at radius 1 is 1.13 bits per heavy atom. The van der Waals surface area contributed by atoms with E-state index in [4.69, 9.17) is 0 Å². The van der Waals surface area contributed by atoms with E-state index >= 15 is 0 Å². The fourth-order valence-corrected chi connectivity index (χ4v) is 3.48. The van der Waals surface area contributed by atoms with Crippen molar-refractivity contribution in [1.82, 2.24) is 5.32 Å². The zero-order valence-electron chi connectivity index (χ0n) is 13.3. The van der Waals surface area contributed by atoms with E-state index in [0.717, 1.165) is 21.3 Å². The lowest BCUT2D eigenvalue weighted by atomic mass is 10.1. The first-order valence-corrected chi connectivity index (χ1v) is 8.57. The van der Waals surface area contributed by atoms with Crippen LogP contribution in [0, 0.1) is 0 Å². The van der Waals surface area contributed by atoms with Crippen molar-refractivity contribution in [2.45, 2.75) is 13.0 Å². The molecule has 1 atom stereocenters. The third kappa shape index (κ3) is 3.37. The number of likely N-dealkylation sites (N-methyl/N-ethyl adjacent to an activating group) is 1. The Morgan fingerprint density at radius 3 is 2.61 bits per heavy atom. The fraction of sp³-hybridized carbons (Fsp3) is 0.211. The molecule has 0 radical (unpaired) electrons. The molecule has 4 heteroatoms. The second kappa shape index (κ2) is 6.84. The summed E-state index contributed by atoms with van der Waals surface area (Å²) in [5, 5.41) is 6.02. The molecule has 3 aromatic rings. The van der Waals surface area contributed by atoms with Gasteiger partial charge in [0.05, 0.1) is 5.56 Å². The van der Waals surface area contributed by atoms with Crippen molar-refractivity contribution < 1.29 is 4.79 Å². The summed E-state index contributed by atoms with van der Waals surface area (Å²) in [7, 11) is 2.05. The number of carbonyl (C=O) groups excluding carboxylic acids is 1. The second-order valence-corrected chi connectivity index (χ2v) is 6.56. The normalized spacial score (nSPS) is 12.1. The van der Waals surface area contributed by atoms with E-state index in [0.29, 0.717) is 6.54 Å². The minimum absolute atomic E-state index is 0.00392. The average Bonchev–Trinajstić information content (AvgIpc) is 3.03. The van der Waals surface area contributed by atoms with Crippen LogP contribution in [0.4, 0.5) is 5.69 Å². The number of para-hydroxylation sites is 1. The van der Waals surface area contributed by atoms with Crippen LogP contribution in [0.1, 0.15) is 17.3 Å². The lowest BCUT2D eigenvalue weighted by Gasteiger charge is -2.27. The van der Waals surface area contributed by atoms with Gasteiger partial charge in [-0.25, -0.2) is 0 Å². The van der Waals surface area contributed by atoms with Crippen LogP contribution < -0.4 is 10.2 Å². The summed E-state index contributed by atoms with van der Waals surface area (Å²) >= 11 is 1.61. The monoisotopic (exact) mass is 324 g/mol. The number of anilines is 1. The first-order chi connectivity index (χ1) is 11.2. The van der Waals surface area contributed by atoms with Gasteiger partial charge in [-0.2, -0.15) is 0 Å². The topological polar surface area (TPSA) is 32.3 Å². The smallest absolute Gasteiger partial charge is 0.252 e. The molecule has 0 saturated carbocycles. The highest BCUT2D eigenvalue weighted by Crippen LogP contribution is 2.25. The van der Waals surface area contributed by atoms with Crippen LogP contribution in [0.3, 0.4) is 0 Å². The van der Waals surface area contributed by atoms with E-state index in [1.807, 2.05) is 54.9 Å². The largest absolute Gasteiger partial charge is 0.370 e. The highest BCUT2D eigenvalue weighted by Gasteiger charge is 2.14. The van der Waals surface area contributed by atoms with E-state index < -0.39 is 0 Å². The Bertz CT molecular complexity index is 797. The van der Waals surface area contributed by atoms with Crippen LogP contribution in [-0.2, 0) is 0 Å². The van der Waals surface area contributed by atoms with Gasteiger partial charge in [0.1, 0.15) is 0 Å². The van der Waals surface area contributed by atoms with Crippen LogP contribution in [-0.4, -0.2) is 25.5 Å². The van der Waals surface area contributed by atoms with Gasteiger partial charge in [0.25, 0.3) is 5.91 Å². The number of nitrogens with one attached hydrogen (secondary N) is 1. The SMILES string of the molecule is CC(CNC(=O)c1csc2ccccc12)N(C)c1ccccc1. The fourth-order valence-electron chi connectivity index (χ4n) is 2.54. The van der Waals surface area contributed by atoms with Crippen LogP contribution in [0.15, 0.2) is 60.0 Å². The minimum Gasteiger partial charge on any atom is -0.370 e. The highest BCUT2D eigenvalue weighted by molar-refractivity contribution is 7.17. The molecule has 0 saturated heterocycles. The van der Waals surface area contributed by atoms with E-state index in [1.165, 1.54) is 0 Å². The number of amides is 1. The van der Waals surface area contributed by atoms with Crippen LogP contribution in [0.2, 0.25) is 0 Å². The molecule has 1 heterocycles. The molecular weight excluding hydrogens is 304 g/mol. The summed E-state index contributed by atoms with van der Waals surface area (Å²) in [6, 6.07) is 18.4. The standard InChI is InChI=1S/C19H20N2OS/c1-14(21(2)15-8-4-3-5-9-15)12-20-19(22)17-13-23-18-11-7-6-10-16(17)18/h3-11,13-14H,12H2,1-2H3,(H,20,22). The molecule has 1 unspecified atom stereocenters. The number of benzene rings is 2. The van der Waals surface area contributed by atoms with Crippen molar-refractivity contribution in [3.05, 3.63) is 65.5 Å². The van der Waals surface area contributed by atoms with Crippen molar-refractivity contribution >= 4 is 33.0 Å². The van der Waals surface area contributed by atoms with Crippen molar-refractivity contribution in [1.29, 1.82) is 0 Å².